The molecule has 0 saturated carbocycles. The van der Waals surface area contributed by atoms with E-state index >= 15 is 0 Å². The van der Waals surface area contributed by atoms with Gasteiger partial charge >= 0.3 is 6.09 Å². The lowest BCUT2D eigenvalue weighted by molar-refractivity contribution is 0.138. The summed E-state index contributed by atoms with van der Waals surface area (Å²) in [7, 11) is 0. The number of carbonyl (C=O) groups is 1. The maximum atomic E-state index is 11.3. The molecule has 0 bridgehead atoms. The van der Waals surface area contributed by atoms with Gasteiger partial charge in [0, 0.05) is 6.61 Å². The molecule has 2 rings (SSSR count). The van der Waals surface area contributed by atoms with E-state index in [0.717, 1.165) is 22.4 Å². The number of hydrogen-bond donors (Lipinski definition) is 2. The molecule has 1 aromatic heterocycles. The van der Waals surface area contributed by atoms with E-state index in [1.54, 1.807) is 0 Å². The third kappa shape index (κ3) is 3.23. The van der Waals surface area contributed by atoms with Crippen molar-refractivity contribution in [3.63, 3.8) is 0 Å². The average molecular weight is 263 g/mol. The summed E-state index contributed by atoms with van der Waals surface area (Å²) in [5.41, 5.74) is 1.57. The van der Waals surface area contributed by atoms with Crippen LogP contribution in [0.5, 0.6) is 0 Å². The second-order valence-electron chi connectivity index (χ2n) is 4.12. The Morgan fingerprint density at radius 1 is 1.42 bits per heavy atom. The lowest BCUT2D eigenvalue weighted by Crippen LogP contribution is -2.33. The van der Waals surface area contributed by atoms with Crippen LogP contribution in [0.2, 0.25) is 0 Å². The van der Waals surface area contributed by atoms with Crippen molar-refractivity contribution >= 4 is 23.1 Å². The first-order valence-electron chi connectivity index (χ1n) is 6.25. The van der Waals surface area contributed by atoms with Crippen molar-refractivity contribution in [1.29, 1.82) is 0 Å². The van der Waals surface area contributed by atoms with Crippen LogP contribution in [-0.2, 0) is 4.74 Å². The van der Waals surface area contributed by atoms with Gasteiger partial charge in [-0.3, -0.25) is 0 Å². The third-order valence-electron chi connectivity index (χ3n) is 2.67. The highest BCUT2D eigenvalue weighted by Crippen LogP contribution is 2.16. The number of para-hydroxylation sites is 2. The fourth-order valence-electron chi connectivity index (χ4n) is 1.76. The molecule has 19 heavy (non-hydrogen) atoms. The van der Waals surface area contributed by atoms with Crippen molar-refractivity contribution in [2.24, 2.45) is 0 Å². The molecule has 2 N–H and O–H groups in total. The SMILES string of the molecule is CCCOCCN(C(=O)O)c1nc2ccccc2[nH]1. The fourth-order valence-corrected chi connectivity index (χ4v) is 1.76. The van der Waals surface area contributed by atoms with Crippen LogP contribution in [0.1, 0.15) is 13.3 Å². The molecular formula is C13H17N3O3. The number of fused-ring (bicyclic) bond motifs is 1. The van der Waals surface area contributed by atoms with Crippen LogP contribution in [0.15, 0.2) is 24.3 Å². The number of aromatic nitrogens is 2. The van der Waals surface area contributed by atoms with Crippen LogP contribution in [0.3, 0.4) is 0 Å². The van der Waals surface area contributed by atoms with Crippen molar-refractivity contribution < 1.29 is 14.6 Å². The average Bonchev–Trinajstić information content (AvgIpc) is 2.81. The number of amides is 1. The van der Waals surface area contributed by atoms with Crippen LogP contribution >= 0.6 is 0 Å². The number of H-pyrrole nitrogens is 1. The van der Waals surface area contributed by atoms with Crippen molar-refractivity contribution in [1.82, 2.24) is 9.97 Å². The Kier molecular flexibility index (Phi) is 4.35. The monoisotopic (exact) mass is 263 g/mol. The zero-order chi connectivity index (χ0) is 13.7. The van der Waals surface area contributed by atoms with E-state index < -0.39 is 6.09 Å². The second-order valence-corrected chi connectivity index (χ2v) is 4.12. The normalized spacial score (nSPS) is 10.8. The molecule has 0 aliphatic rings. The first-order valence-corrected chi connectivity index (χ1v) is 6.25. The summed E-state index contributed by atoms with van der Waals surface area (Å²) in [6, 6.07) is 7.44. The smallest absolute Gasteiger partial charge is 0.414 e. The Morgan fingerprint density at radius 3 is 2.89 bits per heavy atom. The highest BCUT2D eigenvalue weighted by molar-refractivity contribution is 5.87. The zero-order valence-corrected chi connectivity index (χ0v) is 10.8. The van der Waals surface area contributed by atoms with Gasteiger partial charge in [0.2, 0.25) is 5.95 Å². The second kappa shape index (κ2) is 6.19. The largest absolute Gasteiger partial charge is 0.465 e. The molecule has 0 aliphatic carbocycles. The van der Waals surface area contributed by atoms with Crippen LogP contribution in [-0.4, -0.2) is 40.9 Å². The molecule has 6 heteroatoms. The van der Waals surface area contributed by atoms with Gasteiger partial charge in [-0.05, 0) is 18.6 Å². The summed E-state index contributed by atoms with van der Waals surface area (Å²) in [4.78, 5) is 19.7. The van der Waals surface area contributed by atoms with E-state index in [1.165, 1.54) is 0 Å². The van der Waals surface area contributed by atoms with E-state index in [2.05, 4.69) is 9.97 Å². The summed E-state index contributed by atoms with van der Waals surface area (Å²) in [6.07, 6.45) is -0.128. The predicted octanol–water partition coefficient (Wildman–Crippen LogP) is 2.47. The standard InChI is InChI=1S/C13H17N3O3/c1-2-8-19-9-7-16(13(17)18)12-14-10-5-3-4-6-11(10)15-12/h3-6H,2,7-9H2,1H3,(H,14,15)(H,17,18). The lowest BCUT2D eigenvalue weighted by atomic mass is 10.3. The number of nitrogens with zero attached hydrogens (tertiary/aromatic N) is 2. The molecule has 0 spiro atoms. The van der Waals surface area contributed by atoms with Crippen LogP contribution in [0.25, 0.3) is 11.0 Å². The number of carboxylic acid groups (broad SMARTS) is 1. The first-order chi connectivity index (χ1) is 9.22. The molecule has 0 unspecified atom stereocenters. The van der Waals surface area contributed by atoms with E-state index in [-0.39, 0.29) is 6.54 Å². The minimum atomic E-state index is -1.04. The van der Waals surface area contributed by atoms with Gasteiger partial charge in [0.1, 0.15) is 0 Å². The Bertz CT molecular complexity index is 520. The highest BCUT2D eigenvalue weighted by Gasteiger charge is 2.17. The number of aromatic amines is 1. The maximum Gasteiger partial charge on any atom is 0.414 e. The molecule has 0 atom stereocenters. The van der Waals surface area contributed by atoms with E-state index in [9.17, 15) is 9.90 Å². The third-order valence-corrected chi connectivity index (χ3v) is 2.67. The number of nitrogens with one attached hydrogen (secondary N) is 1. The van der Waals surface area contributed by atoms with Crippen LogP contribution < -0.4 is 4.90 Å². The predicted molar refractivity (Wildman–Crippen MR) is 72.6 cm³/mol. The quantitative estimate of drug-likeness (QED) is 0.785. The van der Waals surface area contributed by atoms with Crippen LogP contribution in [0, 0.1) is 0 Å². The molecule has 0 radical (unpaired) electrons. The summed E-state index contributed by atoms with van der Waals surface area (Å²) in [6.45, 7) is 3.26. The van der Waals surface area contributed by atoms with Crippen LogP contribution in [0.4, 0.5) is 10.7 Å². The molecule has 0 saturated heterocycles. The van der Waals surface area contributed by atoms with E-state index in [0.29, 0.717) is 19.2 Å². The number of imidazole rings is 1. The minimum Gasteiger partial charge on any atom is -0.465 e. The van der Waals surface area contributed by atoms with Gasteiger partial charge in [0.25, 0.3) is 0 Å². The zero-order valence-electron chi connectivity index (χ0n) is 10.8. The molecule has 102 valence electrons. The number of hydrogen-bond acceptors (Lipinski definition) is 3. The van der Waals surface area contributed by atoms with Gasteiger partial charge < -0.3 is 14.8 Å². The molecule has 0 fully saturated rings. The van der Waals surface area contributed by atoms with Crippen molar-refractivity contribution in [2.45, 2.75) is 13.3 Å². The van der Waals surface area contributed by atoms with Gasteiger partial charge in [0.05, 0.1) is 24.2 Å². The Labute approximate surface area is 111 Å². The summed E-state index contributed by atoms with van der Waals surface area (Å²) < 4.78 is 5.31. The van der Waals surface area contributed by atoms with Crippen molar-refractivity contribution in [3.05, 3.63) is 24.3 Å². The summed E-state index contributed by atoms with van der Waals surface area (Å²) in [5.74, 6) is 0.328. The topological polar surface area (TPSA) is 78.4 Å². The fraction of sp³-hybridized carbons (Fsp3) is 0.385. The summed E-state index contributed by atoms with van der Waals surface area (Å²) >= 11 is 0. The van der Waals surface area contributed by atoms with Gasteiger partial charge in [0.15, 0.2) is 0 Å². The van der Waals surface area contributed by atoms with E-state index in [4.69, 9.17) is 4.74 Å². The molecule has 6 nitrogen and oxygen atoms in total. The van der Waals surface area contributed by atoms with Crippen molar-refractivity contribution in [3.8, 4) is 0 Å². The van der Waals surface area contributed by atoms with Gasteiger partial charge in [-0.1, -0.05) is 19.1 Å². The number of benzene rings is 1. The molecule has 1 aromatic carbocycles. The maximum absolute atomic E-state index is 11.3. The first kappa shape index (κ1) is 13.4. The number of ether oxygens (including phenoxy) is 1. The highest BCUT2D eigenvalue weighted by atomic mass is 16.5. The molecule has 1 heterocycles. The Balaban J connectivity index is 2.11. The van der Waals surface area contributed by atoms with Gasteiger partial charge in [-0.15, -0.1) is 0 Å². The number of anilines is 1. The molecule has 2 aromatic rings. The van der Waals surface area contributed by atoms with Crippen molar-refractivity contribution in [2.75, 3.05) is 24.7 Å². The Hall–Kier alpha value is -2.08. The van der Waals surface area contributed by atoms with Gasteiger partial charge in [-0.2, -0.15) is 0 Å². The molecule has 1 amide bonds. The minimum absolute atomic E-state index is 0.259. The van der Waals surface area contributed by atoms with E-state index in [1.807, 2.05) is 31.2 Å². The molecular weight excluding hydrogens is 246 g/mol. The lowest BCUT2D eigenvalue weighted by Gasteiger charge is -2.15. The van der Waals surface area contributed by atoms with Gasteiger partial charge in [-0.25, -0.2) is 14.7 Å². The summed E-state index contributed by atoms with van der Waals surface area (Å²) in [5, 5.41) is 9.22. The molecule has 0 aliphatic heterocycles. The Morgan fingerprint density at radius 2 is 2.21 bits per heavy atom. The number of rotatable bonds is 6.